The second kappa shape index (κ2) is 11.6. The van der Waals surface area contributed by atoms with E-state index in [1.165, 1.54) is 7.11 Å². The van der Waals surface area contributed by atoms with Crippen molar-refractivity contribution in [3.63, 3.8) is 0 Å². The van der Waals surface area contributed by atoms with Gasteiger partial charge in [-0.25, -0.2) is 0 Å². The summed E-state index contributed by atoms with van der Waals surface area (Å²) in [5.74, 6) is 0. The minimum absolute atomic E-state index is 0.115. The Morgan fingerprint density at radius 2 is 1.53 bits per heavy atom. The van der Waals surface area contributed by atoms with Gasteiger partial charge < -0.3 is 29.2 Å². The zero-order chi connectivity index (χ0) is 14.7. The van der Waals surface area contributed by atoms with E-state index in [2.05, 4.69) is 0 Å². The van der Waals surface area contributed by atoms with Crippen LogP contribution in [0.3, 0.4) is 0 Å². The summed E-state index contributed by atoms with van der Waals surface area (Å²) < 4.78 is 21.0. The topological polar surface area (TPSA) is 77.4 Å². The minimum atomic E-state index is -0.977. The van der Waals surface area contributed by atoms with Crippen LogP contribution >= 0.6 is 0 Å². The molecule has 0 bridgehead atoms. The lowest BCUT2D eigenvalue weighted by molar-refractivity contribution is -0.164. The first-order valence-corrected chi connectivity index (χ1v) is 6.78. The van der Waals surface area contributed by atoms with E-state index in [4.69, 9.17) is 18.9 Å². The summed E-state index contributed by atoms with van der Waals surface area (Å²) in [4.78, 5) is 0. The standard InChI is InChI=1S/C13H28O6/c1-5-17-8-10(14)13(19-7-3)12(15)11(9-16-4)18-6-2/h10-15H,5-9H2,1-4H3. The molecule has 0 aromatic rings. The molecule has 0 heterocycles. The summed E-state index contributed by atoms with van der Waals surface area (Å²) in [6.45, 7) is 7.17. The number of methoxy groups -OCH3 is 1. The van der Waals surface area contributed by atoms with E-state index in [9.17, 15) is 10.2 Å². The molecule has 6 heteroatoms. The molecule has 6 nitrogen and oxygen atoms in total. The first-order valence-electron chi connectivity index (χ1n) is 6.78. The lowest BCUT2D eigenvalue weighted by Gasteiger charge is -2.32. The normalized spacial score (nSPS) is 18.0. The number of hydrogen-bond donors (Lipinski definition) is 2. The van der Waals surface area contributed by atoms with E-state index in [1.54, 1.807) is 6.92 Å². The zero-order valence-corrected chi connectivity index (χ0v) is 12.4. The highest BCUT2D eigenvalue weighted by Crippen LogP contribution is 2.13. The second-order valence-corrected chi connectivity index (χ2v) is 4.09. The number of hydrogen-bond acceptors (Lipinski definition) is 6. The van der Waals surface area contributed by atoms with Crippen LogP contribution in [-0.2, 0) is 18.9 Å². The van der Waals surface area contributed by atoms with Crippen LogP contribution in [0.4, 0.5) is 0 Å². The molecule has 0 aliphatic carbocycles. The van der Waals surface area contributed by atoms with Crippen LogP contribution in [-0.4, -0.2) is 74.8 Å². The van der Waals surface area contributed by atoms with Gasteiger partial charge in [-0.05, 0) is 20.8 Å². The molecule has 0 amide bonds. The fraction of sp³-hybridized carbons (Fsp3) is 1.00. The number of aliphatic hydroxyl groups is 2. The van der Waals surface area contributed by atoms with Crippen LogP contribution in [0.1, 0.15) is 20.8 Å². The summed E-state index contributed by atoms with van der Waals surface area (Å²) in [6.07, 6.45) is -3.18. The summed E-state index contributed by atoms with van der Waals surface area (Å²) in [6, 6.07) is 0. The highest BCUT2D eigenvalue weighted by Gasteiger charge is 2.34. The Morgan fingerprint density at radius 1 is 0.895 bits per heavy atom. The van der Waals surface area contributed by atoms with E-state index >= 15 is 0 Å². The Bertz CT molecular complexity index is 196. The molecule has 4 atom stereocenters. The molecule has 19 heavy (non-hydrogen) atoms. The fourth-order valence-electron chi connectivity index (χ4n) is 1.80. The molecule has 4 unspecified atom stereocenters. The highest BCUT2D eigenvalue weighted by molar-refractivity contribution is 4.83. The third-order valence-corrected chi connectivity index (χ3v) is 2.66. The van der Waals surface area contributed by atoms with Gasteiger partial charge in [0.15, 0.2) is 0 Å². The van der Waals surface area contributed by atoms with Crippen molar-refractivity contribution in [2.45, 2.75) is 45.2 Å². The van der Waals surface area contributed by atoms with Crippen LogP contribution in [0.2, 0.25) is 0 Å². The Balaban J connectivity index is 4.61. The largest absolute Gasteiger partial charge is 0.388 e. The van der Waals surface area contributed by atoms with E-state index in [0.717, 1.165) is 0 Å². The first-order chi connectivity index (χ1) is 9.12. The molecule has 0 aromatic heterocycles. The van der Waals surface area contributed by atoms with Crippen molar-refractivity contribution in [2.75, 3.05) is 40.1 Å². The van der Waals surface area contributed by atoms with Gasteiger partial charge in [0.1, 0.15) is 24.4 Å². The van der Waals surface area contributed by atoms with E-state index in [-0.39, 0.29) is 13.2 Å². The molecule has 2 N–H and O–H groups in total. The quantitative estimate of drug-likeness (QED) is 0.532. The Morgan fingerprint density at radius 3 is 2.00 bits per heavy atom. The molecule has 0 aromatic carbocycles. The minimum Gasteiger partial charge on any atom is -0.388 e. The monoisotopic (exact) mass is 280 g/mol. The molecule has 0 rings (SSSR count). The maximum atomic E-state index is 10.3. The molecule has 0 saturated carbocycles. The molecular weight excluding hydrogens is 252 g/mol. The SMILES string of the molecule is CCOCC(O)C(OCC)C(O)C(COC)OCC. The third kappa shape index (κ3) is 7.20. The van der Waals surface area contributed by atoms with Gasteiger partial charge in [0.2, 0.25) is 0 Å². The Labute approximate surface area is 115 Å². The molecular formula is C13H28O6. The van der Waals surface area contributed by atoms with E-state index in [0.29, 0.717) is 19.8 Å². The molecule has 0 aliphatic heterocycles. The van der Waals surface area contributed by atoms with Crippen molar-refractivity contribution >= 4 is 0 Å². The van der Waals surface area contributed by atoms with Gasteiger partial charge in [-0.15, -0.1) is 0 Å². The lowest BCUT2D eigenvalue weighted by Crippen LogP contribution is -2.50. The van der Waals surface area contributed by atoms with Crippen molar-refractivity contribution in [1.82, 2.24) is 0 Å². The molecule has 0 saturated heterocycles. The maximum absolute atomic E-state index is 10.3. The van der Waals surface area contributed by atoms with Crippen molar-refractivity contribution in [2.24, 2.45) is 0 Å². The first kappa shape index (κ1) is 18.8. The molecule has 116 valence electrons. The average molecular weight is 280 g/mol. The number of aliphatic hydroxyl groups excluding tert-OH is 2. The number of ether oxygens (including phenoxy) is 4. The summed E-state index contributed by atoms with van der Waals surface area (Å²) in [7, 11) is 1.53. The predicted octanol–water partition coefficient (Wildman–Crippen LogP) is 0.201. The van der Waals surface area contributed by atoms with Crippen LogP contribution in [0.15, 0.2) is 0 Å². The maximum Gasteiger partial charge on any atom is 0.114 e. The number of rotatable bonds is 12. The Kier molecular flexibility index (Phi) is 11.4. The zero-order valence-electron chi connectivity index (χ0n) is 12.4. The van der Waals surface area contributed by atoms with Gasteiger partial charge in [-0.2, -0.15) is 0 Å². The van der Waals surface area contributed by atoms with E-state index < -0.39 is 24.4 Å². The average Bonchev–Trinajstić information content (AvgIpc) is 2.41. The molecule has 0 aliphatic rings. The van der Waals surface area contributed by atoms with Crippen LogP contribution in [0.25, 0.3) is 0 Å². The van der Waals surface area contributed by atoms with Crippen molar-refractivity contribution in [3.05, 3.63) is 0 Å². The Hall–Kier alpha value is -0.240. The lowest BCUT2D eigenvalue weighted by atomic mass is 10.0. The smallest absolute Gasteiger partial charge is 0.114 e. The molecule has 0 radical (unpaired) electrons. The van der Waals surface area contributed by atoms with Crippen LogP contribution < -0.4 is 0 Å². The van der Waals surface area contributed by atoms with Gasteiger partial charge in [0.05, 0.1) is 13.2 Å². The van der Waals surface area contributed by atoms with Gasteiger partial charge in [-0.1, -0.05) is 0 Å². The second-order valence-electron chi connectivity index (χ2n) is 4.09. The van der Waals surface area contributed by atoms with Crippen molar-refractivity contribution in [3.8, 4) is 0 Å². The predicted molar refractivity (Wildman–Crippen MR) is 71.2 cm³/mol. The van der Waals surface area contributed by atoms with Crippen LogP contribution in [0.5, 0.6) is 0 Å². The van der Waals surface area contributed by atoms with Gasteiger partial charge in [-0.3, -0.25) is 0 Å². The van der Waals surface area contributed by atoms with Crippen molar-refractivity contribution in [1.29, 1.82) is 0 Å². The van der Waals surface area contributed by atoms with Crippen molar-refractivity contribution < 1.29 is 29.2 Å². The highest BCUT2D eigenvalue weighted by atomic mass is 16.6. The van der Waals surface area contributed by atoms with Crippen LogP contribution in [0, 0.1) is 0 Å². The third-order valence-electron chi connectivity index (χ3n) is 2.66. The molecule has 0 spiro atoms. The van der Waals surface area contributed by atoms with Gasteiger partial charge in [0, 0.05) is 26.9 Å². The summed E-state index contributed by atoms with van der Waals surface area (Å²) in [5, 5.41) is 20.3. The van der Waals surface area contributed by atoms with E-state index in [1.807, 2.05) is 13.8 Å². The van der Waals surface area contributed by atoms with Gasteiger partial charge in [0.25, 0.3) is 0 Å². The van der Waals surface area contributed by atoms with Gasteiger partial charge >= 0.3 is 0 Å². The fourth-order valence-corrected chi connectivity index (χ4v) is 1.80. The summed E-state index contributed by atoms with van der Waals surface area (Å²) in [5.41, 5.74) is 0. The molecule has 0 fully saturated rings. The summed E-state index contributed by atoms with van der Waals surface area (Å²) >= 11 is 0.